The van der Waals surface area contributed by atoms with Crippen LogP contribution in [-0.4, -0.2) is 11.3 Å². The van der Waals surface area contributed by atoms with Gasteiger partial charge in [0, 0.05) is 43.7 Å². The molecule has 1 aromatic heterocycles. The van der Waals surface area contributed by atoms with Gasteiger partial charge in [0.05, 0.1) is 16.7 Å². The van der Waals surface area contributed by atoms with Gasteiger partial charge in [-0.25, -0.2) is 0 Å². The van der Waals surface area contributed by atoms with E-state index in [-0.39, 0.29) is 6.71 Å². The molecule has 0 saturated carbocycles. The maximum Gasteiger partial charge on any atom is 0.259 e. The number of anilines is 3. The lowest BCUT2D eigenvalue weighted by atomic mass is 9.34. The molecular formula is C36H21BN2OS. The van der Waals surface area contributed by atoms with Crippen LogP contribution in [0.3, 0.4) is 0 Å². The molecule has 0 fully saturated rings. The van der Waals surface area contributed by atoms with Gasteiger partial charge in [-0.05, 0) is 71.0 Å². The smallest absolute Gasteiger partial charge is 0.259 e. The fourth-order valence-corrected chi connectivity index (χ4v) is 8.46. The summed E-state index contributed by atoms with van der Waals surface area (Å²) in [4.78, 5) is 4.98. The first-order valence-corrected chi connectivity index (χ1v) is 14.8. The lowest BCUT2D eigenvalue weighted by molar-refractivity contribution is 0.486. The highest BCUT2D eigenvalue weighted by Crippen LogP contribution is 2.47. The summed E-state index contributed by atoms with van der Waals surface area (Å²) >= 11 is 1.87. The van der Waals surface area contributed by atoms with Gasteiger partial charge >= 0.3 is 0 Å². The van der Waals surface area contributed by atoms with Gasteiger partial charge in [0.25, 0.3) is 6.71 Å². The minimum atomic E-state index is 0.138. The van der Waals surface area contributed by atoms with E-state index in [2.05, 4.69) is 137 Å². The number of rotatable bonds is 2. The lowest BCUT2D eigenvalue weighted by Crippen LogP contribution is -2.61. The number of benzene rings is 6. The Bertz CT molecular complexity index is 2110. The van der Waals surface area contributed by atoms with Crippen molar-refractivity contribution < 1.29 is 4.74 Å². The molecule has 0 aliphatic carbocycles. The van der Waals surface area contributed by atoms with Crippen molar-refractivity contribution in [2.24, 2.45) is 0 Å². The molecule has 7 aromatic rings. The first-order valence-electron chi connectivity index (χ1n) is 14.0. The standard InChI is InChI=1S/C36H21BN2OS/c1-2-10-22(11-3-1)38-28-16-8-18-30-34(28)37-35-29(38)17-9-19-32(35)41-33-21-23(20-31(40-30)36(33)37)39-26-14-6-4-12-24(26)25-13-5-7-15-27(25)39/h1-21H. The first-order chi connectivity index (χ1) is 20.3. The predicted molar refractivity (Wildman–Crippen MR) is 171 cm³/mol. The molecule has 0 saturated heterocycles. The molecule has 0 spiro atoms. The van der Waals surface area contributed by atoms with E-state index in [1.54, 1.807) is 0 Å². The summed E-state index contributed by atoms with van der Waals surface area (Å²) in [5, 5.41) is 2.53. The zero-order chi connectivity index (χ0) is 26.7. The molecule has 190 valence electrons. The van der Waals surface area contributed by atoms with E-state index >= 15 is 0 Å². The molecule has 0 radical (unpaired) electrons. The van der Waals surface area contributed by atoms with E-state index in [1.165, 1.54) is 59.4 Å². The Morgan fingerprint density at radius 3 is 1.98 bits per heavy atom. The van der Waals surface area contributed by atoms with Gasteiger partial charge in [-0.1, -0.05) is 78.5 Å². The third-order valence-electron chi connectivity index (χ3n) is 8.82. The Kier molecular flexibility index (Phi) is 4.20. The Morgan fingerprint density at radius 2 is 1.20 bits per heavy atom. The summed E-state index contributed by atoms with van der Waals surface area (Å²) < 4.78 is 9.23. The van der Waals surface area contributed by atoms with Crippen LogP contribution in [0.2, 0.25) is 0 Å². The molecule has 6 aromatic carbocycles. The summed E-state index contributed by atoms with van der Waals surface area (Å²) in [5.41, 5.74) is 11.1. The van der Waals surface area contributed by atoms with Gasteiger partial charge in [0.15, 0.2) is 0 Å². The van der Waals surface area contributed by atoms with Crippen molar-refractivity contribution in [3.8, 4) is 17.2 Å². The van der Waals surface area contributed by atoms with Crippen LogP contribution < -0.4 is 26.0 Å². The average Bonchev–Trinajstić information content (AvgIpc) is 3.36. The van der Waals surface area contributed by atoms with Crippen molar-refractivity contribution in [3.63, 3.8) is 0 Å². The number of hydrogen-bond acceptors (Lipinski definition) is 3. The Labute approximate surface area is 241 Å². The zero-order valence-corrected chi connectivity index (χ0v) is 22.7. The van der Waals surface area contributed by atoms with Crippen molar-refractivity contribution in [3.05, 3.63) is 127 Å². The predicted octanol–water partition coefficient (Wildman–Crippen LogP) is 7.65. The largest absolute Gasteiger partial charge is 0.458 e. The number of nitrogens with zero attached hydrogens (tertiary/aromatic N) is 2. The zero-order valence-electron chi connectivity index (χ0n) is 21.9. The van der Waals surface area contributed by atoms with Crippen LogP contribution in [0, 0.1) is 0 Å². The van der Waals surface area contributed by atoms with Crippen LogP contribution in [0.5, 0.6) is 11.5 Å². The van der Waals surface area contributed by atoms with Crippen molar-refractivity contribution in [2.45, 2.75) is 9.79 Å². The number of ether oxygens (including phenoxy) is 1. The molecule has 4 heterocycles. The molecule has 3 nitrogen and oxygen atoms in total. The van der Waals surface area contributed by atoms with Gasteiger partial charge in [-0.2, -0.15) is 0 Å². The summed E-state index contributed by atoms with van der Waals surface area (Å²) in [7, 11) is 0. The maximum absolute atomic E-state index is 6.84. The van der Waals surface area contributed by atoms with Crippen LogP contribution in [0.25, 0.3) is 27.5 Å². The van der Waals surface area contributed by atoms with Crippen molar-refractivity contribution in [2.75, 3.05) is 4.90 Å². The molecule has 10 rings (SSSR count). The van der Waals surface area contributed by atoms with Gasteiger partial charge < -0.3 is 14.2 Å². The van der Waals surface area contributed by atoms with Crippen LogP contribution in [0.4, 0.5) is 17.1 Å². The SMILES string of the molecule is c1ccc(N2c3cccc4c3B3c5c(cc(-n6c7ccccc7c7ccccc76)cc5Sc5cccc2c53)O4)cc1. The number of para-hydroxylation sites is 3. The van der Waals surface area contributed by atoms with Crippen LogP contribution in [0.15, 0.2) is 137 Å². The summed E-state index contributed by atoms with van der Waals surface area (Å²) in [6.07, 6.45) is 0. The first kappa shape index (κ1) is 21.9. The lowest BCUT2D eigenvalue weighted by Gasteiger charge is -2.43. The van der Waals surface area contributed by atoms with E-state index in [0.717, 1.165) is 22.9 Å². The number of fused-ring (bicyclic) bond motifs is 3. The highest BCUT2D eigenvalue weighted by atomic mass is 32.2. The quantitative estimate of drug-likeness (QED) is 0.210. The highest BCUT2D eigenvalue weighted by molar-refractivity contribution is 8.00. The second-order valence-electron chi connectivity index (χ2n) is 10.9. The highest BCUT2D eigenvalue weighted by Gasteiger charge is 2.46. The van der Waals surface area contributed by atoms with E-state index in [9.17, 15) is 0 Å². The molecule has 5 heteroatoms. The Balaban J connectivity index is 1.26. The molecule has 0 bridgehead atoms. The van der Waals surface area contributed by atoms with Crippen LogP contribution in [-0.2, 0) is 0 Å². The molecule has 0 unspecified atom stereocenters. The third kappa shape index (κ3) is 2.81. The minimum absolute atomic E-state index is 0.138. The number of aromatic nitrogens is 1. The number of hydrogen-bond donors (Lipinski definition) is 0. The normalized spacial score (nSPS) is 13.9. The van der Waals surface area contributed by atoms with E-state index in [0.29, 0.717) is 0 Å². The second kappa shape index (κ2) is 7.87. The molecule has 3 aliphatic rings. The van der Waals surface area contributed by atoms with Gasteiger partial charge in [0.1, 0.15) is 11.5 Å². The topological polar surface area (TPSA) is 17.4 Å². The minimum Gasteiger partial charge on any atom is -0.458 e. The summed E-state index contributed by atoms with van der Waals surface area (Å²) in [5.74, 6) is 1.90. The fourth-order valence-electron chi connectivity index (χ4n) is 7.24. The van der Waals surface area contributed by atoms with Crippen LogP contribution >= 0.6 is 11.8 Å². The van der Waals surface area contributed by atoms with E-state index in [4.69, 9.17) is 4.74 Å². The molecule has 0 amide bonds. The van der Waals surface area contributed by atoms with Crippen molar-refractivity contribution in [1.82, 2.24) is 4.57 Å². The van der Waals surface area contributed by atoms with E-state index in [1.807, 2.05) is 11.8 Å². The second-order valence-corrected chi connectivity index (χ2v) is 12.0. The average molecular weight is 540 g/mol. The van der Waals surface area contributed by atoms with Crippen molar-refractivity contribution >= 4 is 73.7 Å². The Morgan fingerprint density at radius 1 is 0.512 bits per heavy atom. The van der Waals surface area contributed by atoms with Gasteiger partial charge in [0.2, 0.25) is 0 Å². The summed E-state index contributed by atoms with van der Waals surface area (Å²) in [6, 6.07) is 45.9. The Hall–Kier alpha value is -4.87. The van der Waals surface area contributed by atoms with Gasteiger partial charge in [-0.3, -0.25) is 0 Å². The third-order valence-corrected chi connectivity index (χ3v) is 9.95. The van der Waals surface area contributed by atoms with E-state index < -0.39 is 0 Å². The maximum atomic E-state index is 6.84. The summed E-state index contributed by atoms with van der Waals surface area (Å²) in [6.45, 7) is 0.138. The molecule has 0 N–H and O–H groups in total. The molecular weight excluding hydrogens is 519 g/mol. The molecule has 3 aliphatic heterocycles. The molecule has 0 atom stereocenters. The fraction of sp³-hybridized carbons (Fsp3) is 0. The molecule has 41 heavy (non-hydrogen) atoms. The van der Waals surface area contributed by atoms with Gasteiger partial charge in [-0.15, -0.1) is 0 Å². The van der Waals surface area contributed by atoms with Crippen LogP contribution in [0.1, 0.15) is 0 Å². The monoisotopic (exact) mass is 540 g/mol. The van der Waals surface area contributed by atoms with Crippen molar-refractivity contribution in [1.29, 1.82) is 0 Å².